The van der Waals surface area contributed by atoms with Crippen molar-refractivity contribution in [3.05, 3.63) is 29.3 Å². The second-order valence-electron chi connectivity index (χ2n) is 5.65. The number of fused-ring (bicyclic) bond motifs is 1. The molecular formula is C16H23NO3. The van der Waals surface area contributed by atoms with Gasteiger partial charge in [-0.05, 0) is 43.0 Å². The van der Waals surface area contributed by atoms with Gasteiger partial charge in [0, 0.05) is 19.1 Å². The maximum Gasteiger partial charge on any atom is 0.122 e. The van der Waals surface area contributed by atoms with Gasteiger partial charge in [-0.2, -0.15) is 0 Å². The van der Waals surface area contributed by atoms with E-state index < -0.39 is 6.10 Å². The van der Waals surface area contributed by atoms with Gasteiger partial charge in [0.1, 0.15) is 5.75 Å². The van der Waals surface area contributed by atoms with E-state index in [-0.39, 0.29) is 6.04 Å². The first-order valence-corrected chi connectivity index (χ1v) is 7.51. The molecule has 0 bridgehead atoms. The lowest BCUT2D eigenvalue weighted by molar-refractivity contribution is -0.0166. The smallest absolute Gasteiger partial charge is 0.122 e. The summed E-state index contributed by atoms with van der Waals surface area (Å²) in [6, 6.07) is 6.21. The highest BCUT2D eigenvalue weighted by atomic mass is 16.5. The Morgan fingerprint density at radius 2 is 2.00 bits per heavy atom. The molecule has 0 radical (unpaired) electrons. The first-order valence-electron chi connectivity index (χ1n) is 7.51. The second kappa shape index (κ2) is 6.12. The Morgan fingerprint density at radius 3 is 2.80 bits per heavy atom. The largest absolute Gasteiger partial charge is 0.493 e. The fourth-order valence-corrected chi connectivity index (χ4v) is 3.03. The Morgan fingerprint density at radius 1 is 1.20 bits per heavy atom. The number of hydrogen-bond acceptors (Lipinski definition) is 4. The molecule has 1 aromatic rings. The number of aryl methyl sites for hydroxylation is 1. The fourth-order valence-electron chi connectivity index (χ4n) is 3.03. The summed E-state index contributed by atoms with van der Waals surface area (Å²) in [5.74, 6) is 0.978. The van der Waals surface area contributed by atoms with E-state index in [0.717, 1.165) is 57.1 Å². The Kier molecular flexibility index (Phi) is 4.24. The quantitative estimate of drug-likeness (QED) is 0.914. The van der Waals surface area contributed by atoms with Crippen LogP contribution in [0.2, 0.25) is 0 Å². The van der Waals surface area contributed by atoms with Crippen LogP contribution in [-0.4, -0.2) is 49.0 Å². The highest BCUT2D eigenvalue weighted by Crippen LogP contribution is 2.30. The molecule has 0 saturated carbocycles. The SMILES string of the molecule is CC(C(O)c1ccc2c(c1)CCCO2)N1CCOCC1. The number of benzene rings is 1. The molecular weight excluding hydrogens is 254 g/mol. The predicted octanol–water partition coefficient (Wildman–Crippen LogP) is 1.77. The summed E-state index contributed by atoms with van der Waals surface area (Å²) in [7, 11) is 0. The molecule has 4 heteroatoms. The third-order valence-corrected chi connectivity index (χ3v) is 4.35. The zero-order chi connectivity index (χ0) is 13.9. The molecule has 1 saturated heterocycles. The zero-order valence-corrected chi connectivity index (χ0v) is 12.0. The number of hydrogen-bond donors (Lipinski definition) is 1. The van der Waals surface area contributed by atoms with Crippen LogP contribution < -0.4 is 4.74 Å². The van der Waals surface area contributed by atoms with Crippen LogP contribution in [0.5, 0.6) is 5.75 Å². The molecule has 3 rings (SSSR count). The van der Waals surface area contributed by atoms with Gasteiger partial charge in [-0.15, -0.1) is 0 Å². The lowest BCUT2D eigenvalue weighted by atomic mass is 9.97. The van der Waals surface area contributed by atoms with E-state index >= 15 is 0 Å². The first-order chi connectivity index (χ1) is 9.75. The van der Waals surface area contributed by atoms with Gasteiger partial charge in [0.2, 0.25) is 0 Å². The van der Waals surface area contributed by atoms with E-state index in [1.165, 1.54) is 5.56 Å². The highest BCUT2D eigenvalue weighted by Gasteiger charge is 2.25. The van der Waals surface area contributed by atoms with Crippen molar-refractivity contribution in [3.8, 4) is 5.75 Å². The lowest BCUT2D eigenvalue weighted by Gasteiger charge is -2.35. The van der Waals surface area contributed by atoms with E-state index in [2.05, 4.69) is 17.9 Å². The van der Waals surface area contributed by atoms with Gasteiger partial charge >= 0.3 is 0 Å². The monoisotopic (exact) mass is 277 g/mol. The third kappa shape index (κ3) is 2.82. The first kappa shape index (κ1) is 13.9. The molecule has 1 fully saturated rings. The van der Waals surface area contributed by atoms with Crippen molar-refractivity contribution in [2.75, 3.05) is 32.9 Å². The van der Waals surface area contributed by atoms with Crippen LogP contribution in [0.15, 0.2) is 18.2 Å². The Balaban J connectivity index is 1.74. The maximum absolute atomic E-state index is 10.6. The molecule has 0 aromatic heterocycles. The van der Waals surface area contributed by atoms with E-state index in [1.54, 1.807) is 0 Å². The fraction of sp³-hybridized carbons (Fsp3) is 0.625. The van der Waals surface area contributed by atoms with Crippen LogP contribution in [0.1, 0.15) is 30.6 Å². The third-order valence-electron chi connectivity index (χ3n) is 4.35. The van der Waals surface area contributed by atoms with Crippen LogP contribution in [0.3, 0.4) is 0 Å². The number of rotatable bonds is 3. The maximum atomic E-state index is 10.6. The summed E-state index contributed by atoms with van der Waals surface area (Å²) in [6.07, 6.45) is 1.65. The molecule has 2 heterocycles. The van der Waals surface area contributed by atoms with Crippen LogP contribution >= 0.6 is 0 Å². The highest BCUT2D eigenvalue weighted by molar-refractivity contribution is 5.39. The van der Waals surface area contributed by atoms with Gasteiger partial charge in [0.15, 0.2) is 0 Å². The van der Waals surface area contributed by atoms with Crippen molar-refractivity contribution in [2.45, 2.75) is 31.9 Å². The Hall–Kier alpha value is -1.10. The second-order valence-corrected chi connectivity index (χ2v) is 5.65. The van der Waals surface area contributed by atoms with E-state index in [4.69, 9.17) is 9.47 Å². The van der Waals surface area contributed by atoms with Crippen LogP contribution in [0, 0.1) is 0 Å². The molecule has 2 unspecified atom stereocenters. The predicted molar refractivity (Wildman–Crippen MR) is 77.1 cm³/mol. The minimum Gasteiger partial charge on any atom is -0.493 e. The summed E-state index contributed by atoms with van der Waals surface area (Å²) >= 11 is 0. The molecule has 110 valence electrons. The number of ether oxygens (including phenoxy) is 2. The minimum atomic E-state index is -0.458. The summed E-state index contributed by atoms with van der Waals surface area (Å²) in [5, 5.41) is 10.6. The van der Waals surface area contributed by atoms with E-state index in [9.17, 15) is 5.11 Å². The van der Waals surface area contributed by atoms with Crippen molar-refractivity contribution >= 4 is 0 Å². The topological polar surface area (TPSA) is 41.9 Å². The molecule has 0 amide bonds. The van der Waals surface area contributed by atoms with Crippen molar-refractivity contribution in [1.29, 1.82) is 0 Å². The number of aliphatic hydroxyl groups excluding tert-OH is 1. The molecule has 20 heavy (non-hydrogen) atoms. The number of nitrogens with zero attached hydrogens (tertiary/aromatic N) is 1. The Labute approximate surface area is 120 Å². The molecule has 1 N–H and O–H groups in total. The van der Waals surface area contributed by atoms with Crippen LogP contribution in [0.4, 0.5) is 0 Å². The van der Waals surface area contributed by atoms with Crippen molar-refractivity contribution < 1.29 is 14.6 Å². The van der Waals surface area contributed by atoms with Crippen LogP contribution in [0.25, 0.3) is 0 Å². The van der Waals surface area contributed by atoms with Crippen molar-refractivity contribution in [3.63, 3.8) is 0 Å². The van der Waals surface area contributed by atoms with Crippen molar-refractivity contribution in [1.82, 2.24) is 4.90 Å². The molecule has 2 aliphatic heterocycles. The number of aliphatic hydroxyl groups is 1. The van der Waals surface area contributed by atoms with Gasteiger partial charge in [-0.3, -0.25) is 4.90 Å². The molecule has 0 spiro atoms. The summed E-state index contributed by atoms with van der Waals surface area (Å²) < 4.78 is 11.0. The van der Waals surface area contributed by atoms with Gasteiger partial charge in [0.25, 0.3) is 0 Å². The molecule has 2 aliphatic rings. The lowest BCUT2D eigenvalue weighted by Crippen LogP contribution is -2.44. The van der Waals surface area contributed by atoms with Crippen LogP contribution in [-0.2, 0) is 11.2 Å². The molecule has 4 nitrogen and oxygen atoms in total. The summed E-state index contributed by atoms with van der Waals surface area (Å²) in [6.45, 7) is 6.20. The van der Waals surface area contributed by atoms with Gasteiger partial charge in [0.05, 0.1) is 25.9 Å². The van der Waals surface area contributed by atoms with E-state index in [1.807, 2.05) is 12.1 Å². The molecule has 2 atom stereocenters. The zero-order valence-electron chi connectivity index (χ0n) is 12.0. The minimum absolute atomic E-state index is 0.112. The average molecular weight is 277 g/mol. The standard InChI is InChI=1S/C16H23NO3/c1-12(17-6-9-19-10-7-17)16(18)14-4-5-15-13(11-14)3-2-8-20-15/h4-5,11-12,16,18H,2-3,6-10H2,1H3. The molecule has 1 aromatic carbocycles. The number of morpholine rings is 1. The Bertz CT molecular complexity index is 457. The summed E-state index contributed by atoms with van der Waals surface area (Å²) in [4.78, 5) is 2.30. The van der Waals surface area contributed by atoms with Gasteiger partial charge in [-0.1, -0.05) is 6.07 Å². The van der Waals surface area contributed by atoms with E-state index in [0.29, 0.717) is 0 Å². The van der Waals surface area contributed by atoms with Gasteiger partial charge in [-0.25, -0.2) is 0 Å². The van der Waals surface area contributed by atoms with Crippen molar-refractivity contribution in [2.24, 2.45) is 0 Å². The van der Waals surface area contributed by atoms with Gasteiger partial charge < -0.3 is 14.6 Å². The normalized spacial score (nSPS) is 22.7. The molecule has 0 aliphatic carbocycles. The average Bonchev–Trinajstić information content (AvgIpc) is 2.54. The summed E-state index contributed by atoms with van der Waals surface area (Å²) in [5.41, 5.74) is 2.22.